The molecule has 14 heavy (non-hydrogen) atoms. The SMILES string of the molecule is CCN(CC)c1nc(C)c(C(=O)O)s1. The van der Waals surface area contributed by atoms with Crippen molar-refractivity contribution in [3.05, 3.63) is 10.6 Å². The molecule has 0 saturated heterocycles. The molecule has 0 atom stereocenters. The third kappa shape index (κ3) is 2.04. The summed E-state index contributed by atoms with van der Waals surface area (Å²) in [6.45, 7) is 7.49. The van der Waals surface area contributed by atoms with Crippen molar-refractivity contribution in [1.29, 1.82) is 0 Å². The summed E-state index contributed by atoms with van der Waals surface area (Å²) in [5.41, 5.74) is 0.601. The molecule has 1 aromatic rings. The fourth-order valence-electron chi connectivity index (χ4n) is 1.21. The van der Waals surface area contributed by atoms with Crippen LogP contribution in [0.15, 0.2) is 0 Å². The zero-order valence-corrected chi connectivity index (χ0v) is 9.39. The third-order valence-electron chi connectivity index (χ3n) is 2.01. The fraction of sp³-hybridized carbons (Fsp3) is 0.556. The molecule has 4 nitrogen and oxygen atoms in total. The summed E-state index contributed by atoms with van der Waals surface area (Å²) in [7, 11) is 0. The van der Waals surface area contributed by atoms with Crippen LogP contribution in [0.2, 0.25) is 0 Å². The summed E-state index contributed by atoms with van der Waals surface area (Å²) in [4.78, 5) is 17.4. The lowest BCUT2D eigenvalue weighted by atomic mass is 10.4. The maximum absolute atomic E-state index is 10.8. The van der Waals surface area contributed by atoms with E-state index >= 15 is 0 Å². The Bertz CT molecular complexity index is 332. The molecule has 1 rings (SSSR count). The molecule has 0 amide bonds. The molecule has 0 unspecified atom stereocenters. The van der Waals surface area contributed by atoms with Gasteiger partial charge in [-0.15, -0.1) is 0 Å². The molecule has 0 aromatic carbocycles. The maximum Gasteiger partial charge on any atom is 0.347 e. The number of nitrogens with zero attached hydrogens (tertiary/aromatic N) is 2. The number of hydrogen-bond acceptors (Lipinski definition) is 4. The van der Waals surface area contributed by atoms with Gasteiger partial charge >= 0.3 is 5.97 Å². The quantitative estimate of drug-likeness (QED) is 0.832. The Hall–Kier alpha value is -1.10. The zero-order valence-electron chi connectivity index (χ0n) is 8.57. The van der Waals surface area contributed by atoms with Gasteiger partial charge in [-0.2, -0.15) is 0 Å². The van der Waals surface area contributed by atoms with Crippen LogP contribution in [-0.4, -0.2) is 29.1 Å². The molecule has 0 aliphatic heterocycles. The van der Waals surface area contributed by atoms with Crippen molar-refractivity contribution in [2.24, 2.45) is 0 Å². The van der Waals surface area contributed by atoms with Crippen molar-refractivity contribution < 1.29 is 9.90 Å². The topological polar surface area (TPSA) is 53.4 Å². The van der Waals surface area contributed by atoms with Crippen LogP contribution in [0.4, 0.5) is 5.13 Å². The Labute approximate surface area is 87.2 Å². The number of carboxylic acids is 1. The molecule has 5 heteroatoms. The van der Waals surface area contributed by atoms with Crippen molar-refractivity contribution in [1.82, 2.24) is 4.98 Å². The Kier molecular flexibility index (Phi) is 3.46. The number of carboxylic acid groups (broad SMARTS) is 1. The van der Waals surface area contributed by atoms with Crippen LogP contribution in [0, 0.1) is 6.92 Å². The van der Waals surface area contributed by atoms with E-state index in [4.69, 9.17) is 5.11 Å². The lowest BCUT2D eigenvalue weighted by molar-refractivity contribution is 0.0701. The van der Waals surface area contributed by atoms with E-state index in [2.05, 4.69) is 4.98 Å². The predicted octanol–water partition coefficient (Wildman–Crippen LogP) is 2.00. The molecule has 0 spiro atoms. The highest BCUT2D eigenvalue weighted by Crippen LogP contribution is 2.25. The second-order valence-corrected chi connectivity index (χ2v) is 3.87. The summed E-state index contributed by atoms with van der Waals surface area (Å²) in [5, 5.41) is 9.65. The number of carbonyl (C=O) groups is 1. The van der Waals surface area contributed by atoms with Crippen molar-refractivity contribution in [2.75, 3.05) is 18.0 Å². The van der Waals surface area contributed by atoms with Gasteiger partial charge in [0.2, 0.25) is 0 Å². The van der Waals surface area contributed by atoms with Gasteiger partial charge in [0.1, 0.15) is 4.88 Å². The van der Waals surface area contributed by atoms with Gasteiger partial charge in [-0.3, -0.25) is 0 Å². The predicted molar refractivity (Wildman–Crippen MR) is 57.4 cm³/mol. The van der Waals surface area contributed by atoms with Crippen LogP contribution < -0.4 is 4.90 Å². The van der Waals surface area contributed by atoms with Crippen molar-refractivity contribution in [2.45, 2.75) is 20.8 Å². The van der Waals surface area contributed by atoms with E-state index in [0.717, 1.165) is 18.2 Å². The highest BCUT2D eigenvalue weighted by atomic mass is 32.1. The second kappa shape index (κ2) is 4.41. The van der Waals surface area contributed by atoms with Crippen LogP contribution in [0.25, 0.3) is 0 Å². The number of aryl methyl sites for hydroxylation is 1. The number of hydrogen-bond donors (Lipinski definition) is 1. The van der Waals surface area contributed by atoms with Crippen molar-refractivity contribution >= 4 is 22.4 Å². The third-order valence-corrected chi connectivity index (χ3v) is 3.22. The van der Waals surface area contributed by atoms with Crippen molar-refractivity contribution in [3.8, 4) is 0 Å². The number of rotatable bonds is 4. The first-order valence-electron chi connectivity index (χ1n) is 4.55. The van der Waals surface area contributed by atoms with Crippen LogP contribution in [-0.2, 0) is 0 Å². The molecule has 78 valence electrons. The summed E-state index contributed by atoms with van der Waals surface area (Å²) in [6.07, 6.45) is 0. The lowest BCUT2D eigenvalue weighted by Crippen LogP contribution is -2.21. The van der Waals surface area contributed by atoms with Crippen LogP contribution in [0.3, 0.4) is 0 Å². The first-order chi connectivity index (χ1) is 6.60. The first-order valence-corrected chi connectivity index (χ1v) is 5.37. The minimum Gasteiger partial charge on any atom is -0.477 e. The standard InChI is InChI=1S/C9H14N2O2S/c1-4-11(5-2)9-10-6(3)7(14-9)8(12)13/h4-5H2,1-3H3,(H,12,13). The number of aromatic nitrogens is 1. The average Bonchev–Trinajstić information content (AvgIpc) is 2.50. The van der Waals surface area contributed by atoms with Crippen molar-refractivity contribution in [3.63, 3.8) is 0 Å². The lowest BCUT2D eigenvalue weighted by Gasteiger charge is -2.16. The van der Waals surface area contributed by atoms with Gasteiger partial charge in [-0.1, -0.05) is 11.3 Å². The molecule has 1 aromatic heterocycles. The molecule has 0 saturated carbocycles. The minimum absolute atomic E-state index is 0.340. The molecule has 0 fully saturated rings. The van der Waals surface area contributed by atoms with E-state index < -0.39 is 5.97 Å². The average molecular weight is 214 g/mol. The molecular formula is C9H14N2O2S. The summed E-state index contributed by atoms with van der Waals surface area (Å²) in [5.74, 6) is -0.890. The van der Waals surface area contributed by atoms with Gasteiger partial charge in [0.15, 0.2) is 5.13 Å². The normalized spacial score (nSPS) is 10.2. The van der Waals surface area contributed by atoms with E-state index in [0.29, 0.717) is 10.6 Å². The first kappa shape index (κ1) is 11.0. The Balaban J connectivity index is 3.01. The van der Waals surface area contributed by atoms with Gasteiger partial charge in [0.25, 0.3) is 0 Å². The van der Waals surface area contributed by atoms with Crippen LogP contribution >= 0.6 is 11.3 Å². The Morgan fingerprint density at radius 2 is 2.07 bits per heavy atom. The van der Waals surface area contributed by atoms with Gasteiger partial charge in [0, 0.05) is 13.1 Å². The monoisotopic (exact) mass is 214 g/mol. The smallest absolute Gasteiger partial charge is 0.347 e. The van der Waals surface area contributed by atoms with Gasteiger partial charge in [-0.25, -0.2) is 9.78 Å². The van der Waals surface area contributed by atoms with Crippen LogP contribution in [0.1, 0.15) is 29.2 Å². The molecule has 0 radical (unpaired) electrons. The number of aromatic carboxylic acids is 1. The fourth-order valence-corrected chi connectivity index (χ4v) is 2.24. The highest BCUT2D eigenvalue weighted by molar-refractivity contribution is 7.17. The van der Waals surface area contributed by atoms with Gasteiger partial charge in [-0.05, 0) is 20.8 Å². The van der Waals surface area contributed by atoms with Gasteiger partial charge < -0.3 is 10.0 Å². The molecule has 0 aliphatic carbocycles. The second-order valence-electron chi connectivity index (χ2n) is 2.89. The Morgan fingerprint density at radius 3 is 2.43 bits per heavy atom. The summed E-state index contributed by atoms with van der Waals surface area (Å²) < 4.78 is 0. The van der Waals surface area contributed by atoms with Crippen LogP contribution in [0.5, 0.6) is 0 Å². The van der Waals surface area contributed by atoms with Gasteiger partial charge in [0.05, 0.1) is 5.69 Å². The van der Waals surface area contributed by atoms with E-state index in [1.165, 1.54) is 11.3 Å². The minimum atomic E-state index is -0.890. The largest absolute Gasteiger partial charge is 0.477 e. The van der Waals surface area contributed by atoms with E-state index in [-0.39, 0.29) is 0 Å². The van der Waals surface area contributed by atoms with E-state index in [1.807, 2.05) is 18.7 Å². The van der Waals surface area contributed by atoms with E-state index in [9.17, 15) is 4.79 Å². The highest BCUT2D eigenvalue weighted by Gasteiger charge is 2.16. The number of thiazole rings is 1. The van der Waals surface area contributed by atoms with E-state index in [1.54, 1.807) is 6.92 Å². The molecule has 0 bridgehead atoms. The maximum atomic E-state index is 10.8. The summed E-state index contributed by atoms with van der Waals surface area (Å²) >= 11 is 1.24. The Morgan fingerprint density at radius 1 is 1.50 bits per heavy atom. The molecule has 0 aliphatic rings. The molecule has 1 heterocycles. The zero-order chi connectivity index (χ0) is 10.7. The molecule has 1 N–H and O–H groups in total. The number of anilines is 1. The summed E-state index contributed by atoms with van der Waals surface area (Å²) in [6, 6.07) is 0. The molecular weight excluding hydrogens is 200 g/mol.